The first-order chi connectivity index (χ1) is 7.15. The molecule has 3 nitrogen and oxygen atoms in total. The highest BCUT2D eigenvalue weighted by Gasteiger charge is 2.26. The van der Waals surface area contributed by atoms with Crippen molar-refractivity contribution in [1.29, 1.82) is 0 Å². The number of phenolic OH excluding ortho intramolecular Hbond substituents is 1. The average molecular weight is 228 g/mol. The van der Waals surface area contributed by atoms with Crippen molar-refractivity contribution >= 4 is 11.6 Å². The zero-order chi connectivity index (χ0) is 10.8. The van der Waals surface area contributed by atoms with Crippen LogP contribution in [-0.2, 0) is 6.54 Å². The van der Waals surface area contributed by atoms with Gasteiger partial charge in [0.25, 0.3) is 0 Å². The SMILES string of the molecule is Oc1ccc(Cl)cc1CNC1CC(O)C1. The van der Waals surface area contributed by atoms with Crippen LogP contribution in [0.1, 0.15) is 18.4 Å². The van der Waals surface area contributed by atoms with Gasteiger partial charge < -0.3 is 15.5 Å². The molecule has 1 saturated carbocycles. The summed E-state index contributed by atoms with van der Waals surface area (Å²) in [5.41, 5.74) is 0.795. The molecule has 0 saturated heterocycles. The zero-order valence-corrected chi connectivity index (χ0v) is 9.04. The number of phenols is 1. The van der Waals surface area contributed by atoms with Crippen LogP contribution in [-0.4, -0.2) is 22.4 Å². The number of hydrogen-bond acceptors (Lipinski definition) is 3. The van der Waals surface area contributed by atoms with Crippen molar-refractivity contribution < 1.29 is 10.2 Å². The third-order valence-corrected chi connectivity index (χ3v) is 2.97. The molecule has 0 unspecified atom stereocenters. The molecule has 82 valence electrons. The Morgan fingerprint density at radius 3 is 2.80 bits per heavy atom. The molecule has 0 spiro atoms. The molecule has 3 N–H and O–H groups in total. The Morgan fingerprint density at radius 2 is 2.13 bits per heavy atom. The Balaban J connectivity index is 1.90. The second kappa shape index (κ2) is 4.39. The van der Waals surface area contributed by atoms with Gasteiger partial charge in [0, 0.05) is 23.2 Å². The number of aliphatic hydroxyl groups excluding tert-OH is 1. The largest absolute Gasteiger partial charge is 0.508 e. The number of rotatable bonds is 3. The van der Waals surface area contributed by atoms with Crippen LogP contribution >= 0.6 is 11.6 Å². The number of nitrogens with one attached hydrogen (secondary N) is 1. The van der Waals surface area contributed by atoms with E-state index >= 15 is 0 Å². The van der Waals surface area contributed by atoms with E-state index in [1.54, 1.807) is 18.2 Å². The van der Waals surface area contributed by atoms with Gasteiger partial charge in [0.05, 0.1) is 6.10 Å². The summed E-state index contributed by atoms with van der Waals surface area (Å²) in [6, 6.07) is 5.36. The summed E-state index contributed by atoms with van der Waals surface area (Å²) < 4.78 is 0. The van der Waals surface area contributed by atoms with E-state index in [4.69, 9.17) is 16.7 Å². The molecule has 0 radical (unpaired) electrons. The summed E-state index contributed by atoms with van der Waals surface area (Å²) in [6.07, 6.45) is 1.43. The number of aromatic hydroxyl groups is 1. The van der Waals surface area contributed by atoms with Crippen molar-refractivity contribution in [2.24, 2.45) is 0 Å². The Labute approximate surface area is 93.7 Å². The number of benzene rings is 1. The molecule has 0 heterocycles. The maximum Gasteiger partial charge on any atom is 0.120 e. The lowest BCUT2D eigenvalue weighted by atomic mass is 9.89. The van der Waals surface area contributed by atoms with Crippen molar-refractivity contribution in [3.8, 4) is 5.75 Å². The van der Waals surface area contributed by atoms with Gasteiger partial charge in [-0.1, -0.05) is 11.6 Å². The van der Waals surface area contributed by atoms with Crippen LogP contribution in [0.4, 0.5) is 0 Å². The van der Waals surface area contributed by atoms with Gasteiger partial charge in [0.1, 0.15) is 5.75 Å². The molecule has 1 aromatic rings. The molecule has 1 aromatic carbocycles. The van der Waals surface area contributed by atoms with Crippen molar-refractivity contribution in [1.82, 2.24) is 5.32 Å². The van der Waals surface area contributed by atoms with Crippen LogP contribution in [0.3, 0.4) is 0 Å². The monoisotopic (exact) mass is 227 g/mol. The van der Waals surface area contributed by atoms with Crippen LogP contribution in [0.15, 0.2) is 18.2 Å². The molecule has 15 heavy (non-hydrogen) atoms. The predicted molar refractivity (Wildman–Crippen MR) is 59.0 cm³/mol. The molecule has 0 bridgehead atoms. The summed E-state index contributed by atoms with van der Waals surface area (Å²) in [6.45, 7) is 0.587. The van der Waals surface area contributed by atoms with Gasteiger partial charge in [0.15, 0.2) is 0 Å². The van der Waals surface area contributed by atoms with Crippen LogP contribution in [0.2, 0.25) is 5.02 Å². The lowest BCUT2D eigenvalue weighted by molar-refractivity contribution is 0.0619. The minimum atomic E-state index is -0.157. The van der Waals surface area contributed by atoms with Crippen LogP contribution in [0.25, 0.3) is 0 Å². The quantitative estimate of drug-likeness (QED) is 0.736. The maximum absolute atomic E-state index is 9.54. The van der Waals surface area contributed by atoms with Gasteiger partial charge in [-0.15, -0.1) is 0 Å². The molecule has 0 aliphatic heterocycles. The third-order valence-electron chi connectivity index (χ3n) is 2.74. The molecule has 1 fully saturated rings. The minimum absolute atomic E-state index is 0.157. The third kappa shape index (κ3) is 2.62. The number of hydrogen-bond donors (Lipinski definition) is 3. The van der Waals surface area contributed by atoms with Crippen molar-refractivity contribution in [3.05, 3.63) is 28.8 Å². The van der Waals surface area contributed by atoms with Gasteiger partial charge in [-0.2, -0.15) is 0 Å². The first-order valence-corrected chi connectivity index (χ1v) is 5.42. The van der Waals surface area contributed by atoms with E-state index in [-0.39, 0.29) is 11.9 Å². The summed E-state index contributed by atoms with van der Waals surface area (Å²) in [5, 5.41) is 22.5. The standard InChI is InChI=1S/C11H14ClNO2/c12-8-1-2-11(15)7(3-8)6-13-9-4-10(14)5-9/h1-3,9-10,13-15H,4-6H2. The van der Waals surface area contributed by atoms with Crippen LogP contribution < -0.4 is 5.32 Å². The van der Waals surface area contributed by atoms with Gasteiger partial charge in [-0.05, 0) is 31.0 Å². The highest BCUT2D eigenvalue weighted by Crippen LogP contribution is 2.23. The molecule has 0 amide bonds. The Bertz CT molecular complexity index is 350. The minimum Gasteiger partial charge on any atom is -0.508 e. The Kier molecular flexibility index (Phi) is 3.14. The number of halogens is 1. The molecule has 2 rings (SSSR count). The molecular formula is C11H14ClNO2. The van der Waals surface area contributed by atoms with Crippen LogP contribution in [0.5, 0.6) is 5.75 Å². The fourth-order valence-corrected chi connectivity index (χ4v) is 1.90. The number of aliphatic hydroxyl groups is 1. The molecule has 4 heteroatoms. The normalized spacial score (nSPS) is 24.9. The molecule has 0 aromatic heterocycles. The second-order valence-electron chi connectivity index (χ2n) is 3.98. The van der Waals surface area contributed by atoms with E-state index in [1.165, 1.54) is 0 Å². The Morgan fingerprint density at radius 1 is 1.40 bits per heavy atom. The highest BCUT2D eigenvalue weighted by atomic mass is 35.5. The first-order valence-electron chi connectivity index (χ1n) is 5.04. The topological polar surface area (TPSA) is 52.5 Å². The maximum atomic E-state index is 9.54. The van der Waals surface area contributed by atoms with E-state index in [9.17, 15) is 5.11 Å². The fourth-order valence-electron chi connectivity index (χ4n) is 1.70. The fraction of sp³-hybridized carbons (Fsp3) is 0.455. The molecule has 0 atom stereocenters. The zero-order valence-electron chi connectivity index (χ0n) is 8.28. The van der Waals surface area contributed by atoms with Crippen LogP contribution in [0, 0.1) is 0 Å². The second-order valence-corrected chi connectivity index (χ2v) is 4.41. The summed E-state index contributed by atoms with van der Waals surface area (Å²) in [5.74, 6) is 0.256. The lowest BCUT2D eigenvalue weighted by Gasteiger charge is -2.32. The smallest absolute Gasteiger partial charge is 0.120 e. The average Bonchev–Trinajstić information content (AvgIpc) is 2.16. The van der Waals surface area contributed by atoms with Crippen molar-refractivity contribution in [2.75, 3.05) is 0 Å². The van der Waals surface area contributed by atoms with Gasteiger partial charge >= 0.3 is 0 Å². The van der Waals surface area contributed by atoms with Gasteiger partial charge in [-0.25, -0.2) is 0 Å². The van der Waals surface area contributed by atoms with Crippen molar-refractivity contribution in [2.45, 2.75) is 31.5 Å². The molecule has 1 aliphatic carbocycles. The van der Waals surface area contributed by atoms with E-state index in [1.807, 2.05) is 0 Å². The van der Waals surface area contributed by atoms with Crippen molar-refractivity contribution in [3.63, 3.8) is 0 Å². The van der Waals surface area contributed by atoms with E-state index in [2.05, 4.69) is 5.32 Å². The summed E-state index contributed by atoms with van der Waals surface area (Å²) >= 11 is 5.82. The predicted octanol–water partition coefficient (Wildman–Crippen LogP) is 1.66. The van der Waals surface area contributed by atoms with E-state index in [0.29, 0.717) is 17.6 Å². The van der Waals surface area contributed by atoms with Gasteiger partial charge in [0.2, 0.25) is 0 Å². The Hall–Kier alpha value is -0.770. The molecular weight excluding hydrogens is 214 g/mol. The summed E-state index contributed by atoms with van der Waals surface area (Å²) in [4.78, 5) is 0. The van der Waals surface area contributed by atoms with E-state index < -0.39 is 0 Å². The molecule has 1 aliphatic rings. The summed E-state index contributed by atoms with van der Waals surface area (Å²) in [7, 11) is 0. The highest BCUT2D eigenvalue weighted by molar-refractivity contribution is 6.30. The van der Waals surface area contributed by atoms with E-state index in [0.717, 1.165) is 18.4 Å². The van der Waals surface area contributed by atoms with Gasteiger partial charge in [-0.3, -0.25) is 0 Å². The first kappa shape index (κ1) is 10.7. The lowest BCUT2D eigenvalue weighted by Crippen LogP contribution is -2.43.